The molecule has 7 nitrogen and oxygen atoms in total. The average molecular weight is 279 g/mol. The molecule has 0 radical (unpaired) electrons. The zero-order valence-corrected chi connectivity index (χ0v) is 11.4. The van der Waals surface area contributed by atoms with Crippen LogP contribution in [-0.2, 0) is 6.54 Å². The summed E-state index contributed by atoms with van der Waals surface area (Å²) in [6.45, 7) is 2.51. The summed E-state index contributed by atoms with van der Waals surface area (Å²) in [5, 5.41) is 7.48. The standard InChI is InChI=1S/C14H13N7/c1-9-6-13(21-14(18-9)16-8-17-21)15-7-12-19-10-4-2-3-5-11(10)20-12/h2-6,8,15H,7H2,1H3,(H,19,20). The van der Waals surface area contributed by atoms with Gasteiger partial charge < -0.3 is 10.3 Å². The number of rotatable bonds is 3. The molecule has 7 heteroatoms. The van der Waals surface area contributed by atoms with E-state index in [1.54, 1.807) is 4.52 Å². The SMILES string of the molecule is Cc1cc(NCc2nc3ccccc3[nH]2)n2ncnc2n1. The quantitative estimate of drug-likeness (QED) is 0.598. The Bertz CT molecular complexity index is 888. The van der Waals surface area contributed by atoms with Gasteiger partial charge in [-0.3, -0.25) is 0 Å². The Morgan fingerprint density at radius 2 is 2.14 bits per heavy atom. The maximum Gasteiger partial charge on any atom is 0.254 e. The molecule has 0 aliphatic heterocycles. The monoisotopic (exact) mass is 279 g/mol. The first kappa shape index (κ1) is 11.8. The van der Waals surface area contributed by atoms with Gasteiger partial charge in [0.05, 0.1) is 17.6 Å². The third-order valence-corrected chi connectivity index (χ3v) is 3.26. The number of aryl methyl sites for hydroxylation is 1. The second kappa shape index (κ2) is 4.55. The number of hydrogen-bond donors (Lipinski definition) is 2. The van der Waals surface area contributed by atoms with E-state index in [4.69, 9.17) is 0 Å². The molecule has 2 N–H and O–H groups in total. The summed E-state index contributed by atoms with van der Waals surface area (Å²) in [5.74, 6) is 2.30. The Kier molecular flexibility index (Phi) is 2.56. The lowest BCUT2D eigenvalue weighted by Crippen LogP contribution is -2.07. The van der Waals surface area contributed by atoms with E-state index in [1.807, 2.05) is 37.3 Å². The molecule has 0 aliphatic rings. The van der Waals surface area contributed by atoms with E-state index in [0.29, 0.717) is 12.3 Å². The summed E-state index contributed by atoms with van der Waals surface area (Å²) >= 11 is 0. The van der Waals surface area contributed by atoms with Gasteiger partial charge >= 0.3 is 0 Å². The number of aromatic amines is 1. The van der Waals surface area contributed by atoms with Crippen molar-refractivity contribution in [1.29, 1.82) is 0 Å². The molecule has 0 bridgehead atoms. The molecule has 0 atom stereocenters. The molecule has 0 aliphatic carbocycles. The van der Waals surface area contributed by atoms with Gasteiger partial charge in [0.1, 0.15) is 18.0 Å². The fourth-order valence-electron chi connectivity index (χ4n) is 2.32. The predicted octanol–water partition coefficient (Wildman–Crippen LogP) is 1.92. The van der Waals surface area contributed by atoms with Gasteiger partial charge in [-0.05, 0) is 19.1 Å². The van der Waals surface area contributed by atoms with Gasteiger partial charge in [0.2, 0.25) is 0 Å². The van der Waals surface area contributed by atoms with Crippen LogP contribution in [0.5, 0.6) is 0 Å². The molecule has 104 valence electrons. The summed E-state index contributed by atoms with van der Waals surface area (Å²) in [5.41, 5.74) is 2.89. The maximum absolute atomic E-state index is 4.54. The van der Waals surface area contributed by atoms with E-state index in [-0.39, 0.29) is 0 Å². The molecule has 0 saturated heterocycles. The van der Waals surface area contributed by atoms with Gasteiger partial charge in [-0.15, -0.1) is 0 Å². The first-order chi connectivity index (χ1) is 10.3. The first-order valence-corrected chi connectivity index (χ1v) is 6.64. The molecule has 1 aromatic carbocycles. The molecule has 3 aromatic heterocycles. The highest BCUT2D eigenvalue weighted by Crippen LogP contribution is 2.13. The van der Waals surface area contributed by atoms with E-state index in [1.165, 1.54) is 6.33 Å². The fraction of sp³-hybridized carbons (Fsp3) is 0.143. The molecule has 4 rings (SSSR count). The summed E-state index contributed by atoms with van der Waals surface area (Å²) in [4.78, 5) is 16.2. The lowest BCUT2D eigenvalue weighted by atomic mass is 10.3. The van der Waals surface area contributed by atoms with Crippen LogP contribution in [0.25, 0.3) is 16.8 Å². The molecule has 0 saturated carbocycles. The Morgan fingerprint density at radius 1 is 1.24 bits per heavy atom. The normalized spacial score (nSPS) is 11.3. The Labute approximate surface area is 120 Å². The number of hydrogen-bond acceptors (Lipinski definition) is 5. The fourth-order valence-corrected chi connectivity index (χ4v) is 2.32. The lowest BCUT2D eigenvalue weighted by molar-refractivity contribution is 0.902. The van der Waals surface area contributed by atoms with Gasteiger partial charge in [0.25, 0.3) is 5.78 Å². The zero-order valence-electron chi connectivity index (χ0n) is 11.4. The number of anilines is 1. The van der Waals surface area contributed by atoms with Crippen LogP contribution in [-0.4, -0.2) is 29.5 Å². The van der Waals surface area contributed by atoms with E-state index >= 15 is 0 Å². The van der Waals surface area contributed by atoms with Crippen LogP contribution >= 0.6 is 0 Å². The highest BCUT2D eigenvalue weighted by Gasteiger charge is 2.07. The highest BCUT2D eigenvalue weighted by molar-refractivity contribution is 5.74. The molecule has 4 aromatic rings. The Hall–Kier alpha value is -2.96. The number of H-pyrrole nitrogens is 1. The molecule has 0 fully saturated rings. The largest absolute Gasteiger partial charge is 0.363 e. The second-order valence-electron chi connectivity index (χ2n) is 4.81. The van der Waals surface area contributed by atoms with Crippen molar-refractivity contribution < 1.29 is 0 Å². The Balaban J connectivity index is 1.64. The average Bonchev–Trinajstić information content (AvgIpc) is 3.10. The number of aromatic nitrogens is 6. The van der Waals surface area contributed by atoms with Crippen LogP contribution in [0.2, 0.25) is 0 Å². The minimum absolute atomic E-state index is 0.576. The van der Waals surface area contributed by atoms with Crippen LogP contribution in [0.15, 0.2) is 36.7 Å². The van der Waals surface area contributed by atoms with E-state index in [2.05, 4.69) is 30.4 Å². The molecular weight excluding hydrogens is 266 g/mol. The van der Waals surface area contributed by atoms with Crippen LogP contribution < -0.4 is 5.32 Å². The number of imidazole rings is 1. The van der Waals surface area contributed by atoms with Crippen LogP contribution in [0.1, 0.15) is 11.5 Å². The number of benzene rings is 1. The van der Waals surface area contributed by atoms with Crippen molar-refractivity contribution in [3.05, 3.63) is 48.2 Å². The third kappa shape index (κ3) is 2.08. The molecule has 3 heterocycles. The summed E-state index contributed by atoms with van der Waals surface area (Å²) < 4.78 is 1.68. The predicted molar refractivity (Wildman–Crippen MR) is 78.9 cm³/mol. The first-order valence-electron chi connectivity index (χ1n) is 6.64. The van der Waals surface area contributed by atoms with Gasteiger partial charge in [-0.2, -0.15) is 14.6 Å². The van der Waals surface area contributed by atoms with Gasteiger partial charge in [0.15, 0.2) is 0 Å². The van der Waals surface area contributed by atoms with Crippen LogP contribution in [0.4, 0.5) is 5.82 Å². The number of fused-ring (bicyclic) bond motifs is 2. The molecular formula is C14H13N7. The molecule has 0 unspecified atom stereocenters. The summed E-state index contributed by atoms with van der Waals surface area (Å²) in [7, 11) is 0. The maximum atomic E-state index is 4.54. The molecule has 0 amide bonds. The van der Waals surface area contributed by atoms with Crippen molar-refractivity contribution in [3.63, 3.8) is 0 Å². The highest BCUT2D eigenvalue weighted by atomic mass is 15.4. The summed E-state index contributed by atoms with van der Waals surface area (Å²) in [6.07, 6.45) is 1.49. The van der Waals surface area contributed by atoms with Crippen molar-refractivity contribution in [1.82, 2.24) is 29.5 Å². The van der Waals surface area contributed by atoms with Crippen molar-refractivity contribution in [3.8, 4) is 0 Å². The van der Waals surface area contributed by atoms with Gasteiger partial charge in [-0.1, -0.05) is 12.1 Å². The molecule has 0 spiro atoms. The van der Waals surface area contributed by atoms with Crippen molar-refractivity contribution in [2.75, 3.05) is 5.32 Å². The minimum Gasteiger partial charge on any atom is -0.363 e. The topological polar surface area (TPSA) is 83.8 Å². The summed E-state index contributed by atoms with van der Waals surface area (Å²) in [6, 6.07) is 9.90. The van der Waals surface area contributed by atoms with E-state index in [9.17, 15) is 0 Å². The van der Waals surface area contributed by atoms with Crippen LogP contribution in [0.3, 0.4) is 0 Å². The number of nitrogens with one attached hydrogen (secondary N) is 2. The number of para-hydroxylation sites is 2. The third-order valence-electron chi connectivity index (χ3n) is 3.26. The van der Waals surface area contributed by atoms with Gasteiger partial charge in [0, 0.05) is 11.8 Å². The second-order valence-corrected chi connectivity index (χ2v) is 4.81. The number of nitrogens with zero attached hydrogens (tertiary/aromatic N) is 5. The van der Waals surface area contributed by atoms with Crippen LogP contribution in [0, 0.1) is 6.92 Å². The molecule has 21 heavy (non-hydrogen) atoms. The van der Waals surface area contributed by atoms with Crippen molar-refractivity contribution >= 4 is 22.6 Å². The zero-order chi connectivity index (χ0) is 14.2. The van der Waals surface area contributed by atoms with E-state index in [0.717, 1.165) is 28.4 Å². The van der Waals surface area contributed by atoms with Gasteiger partial charge in [-0.25, -0.2) is 9.97 Å². The van der Waals surface area contributed by atoms with E-state index < -0.39 is 0 Å². The Morgan fingerprint density at radius 3 is 3.05 bits per heavy atom. The minimum atomic E-state index is 0.576. The van der Waals surface area contributed by atoms with Crippen molar-refractivity contribution in [2.45, 2.75) is 13.5 Å². The smallest absolute Gasteiger partial charge is 0.254 e. The lowest BCUT2D eigenvalue weighted by Gasteiger charge is -2.06. The van der Waals surface area contributed by atoms with Crippen molar-refractivity contribution in [2.24, 2.45) is 0 Å².